The van der Waals surface area contributed by atoms with Gasteiger partial charge >= 0.3 is 0 Å². The fourth-order valence-electron chi connectivity index (χ4n) is 2.79. The number of nitrogens with zero attached hydrogens (tertiary/aromatic N) is 1. The third-order valence-corrected chi connectivity index (χ3v) is 6.53. The summed E-state index contributed by atoms with van der Waals surface area (Å²) in [6.07, 6.45) is 1.49. The lowest BCUT2D eigenvalue weighted by atomic mass is 9.99. The first-order valence-electron chi connectivity index (χ1n) is 8.54. The molecule has 1 aliphatic heterocycles. The summed E-state index contributed by atoms with van der Waals surface area (Å²) in [5.74, 6) is -0.928. The van der Waals surface area contributed by atoms with Gasteiger partial charge in [0.25, 0.3) is 0 Å². The molecular weight excluding hydrogens is 422 g/mol. The van der Waals surface area contributed by atoms with Gasteiger partial charge < -0.3 is 0 Å². The Bertz CT molecular complexity index is 750. The molecule has 2 amide bonds. The summed E-state index contributed by atoms with van der Waals surface area (Å²) in [5, 5.41) is 0. The van der Waals surface area contributed by atoms with Crippen LogP contribution in [0.5, 0.6) is 0 Å². The van der Waals surface area contributed by atoms with Crippen LogP contribution in [0.3, 0.4) is 0 Å². The number of amides is 2. The minimum Gasteiger partial charge on any atom is -0.273 e. The molecule has 0 spiro atoms. The topological polar surface area (TPSA) is 95.6 Å². The Balaban J connectivity index is 1.98. The summed E-state index contributed by atoms with van der Waals surface area (Å²) in [5.41, 5.74) is 4.80. The maximum absolute atomic E-state index is 12.8. The van der Waals surface area contributed by atoms with E-state index in [1.54, 1.807) is 12.1 Å². The Morgan fingerprint density at radius 2 is 1.88 bits per heavy atom. The number of hydrogen-bond acceptors (Lipinski definition) is 4. The van der Waals surface area contributed by atoms with Gasteiger partial charge in [-0.05, 0) is 43.0 Å². The van der Waals surface area contributed by atoms with E-state index in [1.165, 1.54) is 16.4 Å². The van der Waals surface area contributed by atoms with Crippen LogP contribution in [0, 0.1) is 11.8 Å². The maximum Gasteiger partial charge on any atom is 0.243 e. The number of piperidine rings is 1. The third kappa shape index (κ3) is 5.52. The van der Waals surface area contributed by atoms with Crippen LogP contribution in [-0.2, 0) is 19.6 Å². The predicted octanol–water partition coefficient (Wildman–Crippen LogP) is 2.04. The van der Waals surface area contributed by atoms with Gasteiger partial charge in [0.2, 0.25) is 21.8 Å². The van der Waals surface area contributed by atoms with Crippen molar-refractivity contribution in [2.75, 3.05) is 13.1 Å². The molecule has 1 aromatic rings. The first kappa shape index (κ1) is 20.9. The molecule has 2 N–H and O–H groups in total. The lowest BCUT2D eigenvalue weighted by Gasteiger charge is -2.31. The molecule has 26 heavy (non-hydrogen) atoms. The number of hydrazine groups is 1. The molecule has 0 saturated carbocycles. The molecule has 0 bridgehead atoms. The summed E-state index contributed by atoms with van der Waals surface area (Å²) in [6.45, 7) is 4.30. The zero-order valence-electron chi connectivity index (χ0n) is 14.9. The van der Waals surface area contributed by atoms with Crippen LogP contribution in [0.2, 0.25) is 0 Å². The van der Waals surface area contributed by atoms with Crippen LogP contribution in [0.25, 0.3) is 0 Å². The molecule has 1 aromatic carbocycles. The number of nitrogens with one attached hydrogen (secondary N) is 2. The second kappa shape index (κ2) is 8.96. The second-order valence-electron chi connectivity index (χ2n) is 6.79. The van der Waals surface area contributed by atoms with Crippen molar-refractivity contribution in [3.05, 3.63) is 28.7 Å². The summed E-state index contributed by atoms with van der Waals surface area (Å²) >= 11 is 3.28. The lowest BCUT2D eigenvalue weighted by molar-refractivity contribution is -0.132. The monoisotopic (exact) mass is 445 g/mol. The van der Waals surface area contributed by atoms with Crippen LogP contribution < -0.4 is 10.9 Å². The maximum atomic E-state index is 12.8. The van der Waals surface area contributed by atoms with E-state index >= 15 is 0 Å². The summed E-state index contributed by atoms with van der Waals surface area (Å²) in [4.78, 5) is 24.1. The highest BCUT2D eigenvalue weighted by Crippen LogP contribution is 2.24. The molecule has 144 valence electrons. The zero-order chi connectivity index (χ0) is 19.3. The van der Waals surface area contributed by atoms with Crippen molar-refractivity contribution in [1.82, 2.24) is 15.2 Å². The normalized spacial score (nSPS) is 18.5. The number of hydrogen-bond donors (Lipinski definition) is 2. The van der Waals surface area contributed by atoms with Gasteiger partial charge in [-0.25, -0.2) is 8.42 Å². The number of carbonyl (C=O) groups excluding carboxylic acids is 2. The zero-order valence-corrected chi connectivity index (χ0v) is 17.3. The van der Waals surface area contributed by atoms with Gasteiger partial charge in [0.15, 0.2) is 0 Å². The number of benzene rings is 1. The van der Waals surface area contributed by atoms with E-state index in [1.807, 2.05) is 13.8 Å². The molecule has 9 heteroatoms. The fourth-order valence-corrected chi connectivity index (χ4v) is 4.57. The highest BCUT2D eigenvalue weighted by Gasteiger charge is 2.33. The molecule has 1 atom stereocenters. The highest BCUT2D eigenvalue weighted by molar-refractivity contribution is 9.10. The lowest BCUT2D eigenvalue weighted by Crippen LogP contribution is -2.50. The van der Waals surface area contributed by atoms with Crippen molar-refractivity contribution in [3.8, 4) is 0 Å². The van der Waals surface area contributed by atoms with E-state index < -0.39 is 15.9 Å². The summed E-state index contributed by atoms with van der Waals surface area (Å²) in [7, 11) is -3.65. The minimum absolute atomic E-state index is 0.101. The van der Waals surface area contributed by atoms with Gasteiger partial charge in [-0.2, -0.15) is 4.31 Å². The smallest absolute Gasteiger partial charge is 0.243 e. The van der Waals surface area contributed by atoms with E-state index in [0.29, 0.717) is 25.8 Å². The van der Waals surface area contributed by atoms with Gasteiger partial charge in [-0.1, -0.05) is 29.8 Å². The number of rotatable bonds is 5. The molecule has 0 aromatic heterocycles. The highest BCUT2D eigenvalue weighted by atomic mass is 79.9. The second-order valence-corrected chi connectivity index (χ2v) is 9.65. The number of carbonyl (C=O) groups is 2. The third-order valence-electron chi connectivity index (χ3n) is 4.13. The van der Waals surface area contributed by atoms with E-state index in [0.717, 1.165) is 4.47 Å². The van der Waals surface area contributed by atoms with Crippen molar-refractivity contribution < 1.29 is 18.0 Å². The quantitative estimate of drug-likeness (QED) is 0.677. The van der Waals surface area contributed by atoms with Crippen molar-refractivity contribution in [2.45, 2.75) is 38.0 Å². The molecule has 1 fully saturated rings. The summed E-state index contributed by atoms with van der Waals surface area (Å²) in [6, 6.07) is 6.42. The summed E-state index contributed by atoms with van der Waals surface area (Å²) < 4.78 is 27.7. The molecule has 2 rings (SSSR count). The largest absolute Gasteiger partial charge is 0.273 e. The van der Waals surface area contributed by atoms with Gasteiger partial charge in [0.1, 0.15) is 0 Å². The number of sulfonamides is 1. The molecular formula is C17H24BrN3O4S. The van der Waals surface area contributed by atoms with E-state index in [2.05, 4.69) is 26.8 Å². The Kier molecular flexibility index (Phi) is 7.19. The molecule has 0 aliphatic carbocycles. The molecule has 1 saturated heterocycles. The Morgan fingerprint density at radius 1 is 1.23 bits per heavy atom. The first-order valence-corrected chi connectivity index (χ1v) is 10.8. The molecule has 7 nitrogen and oxygen atoms in total. The standard InChI is InChI=1S/C17H24BrN3O4S/c1-12(2)10-16(22)19-20-17(23)13-4-3-9-21(11-13)26(24,25)15-7-5-14(18)6-8-15/h5-8,12-13H,3-4,9-11H2,1-2H3,(H,19,22)(H,20,23)/t13-/m1/s1. The van der Waals surface area contributed by atoms with Crippen LogP contribution in [0.15, 0.2) is 33.6 Å². The van der Waals surface area contributed by atoms with E-state index in [9.17, 15) is 18.0 Å². The van der Waals surface area contributed by atoms with E-state index in [-0.39, 0.29) is 29.2 Å². The van der Waals surface area contributed by atoms with Crippen molar-refractivity contribution >= 4 is 37.8 Å². The Hall–Kier alpha value is -1.45. The van der Waals surface area contributed by atoms with Gasteiger partial charge in [0.05, 0.1) is 10.8 Å². The molecule has 1 heterocycles. The minimum atomic E-state index is -3.65. The average Bonchev–Trinajstić information content (AvgIpc) is 2.59. The van der Waals surface area contributed by atoms with Crippen molar-refractivity contribution in [3.63, 3.8) is 0 Å². The molecule has 1 aliphatic rings. The molecule has 0 radical (unpaired) electrons. The predicted molar refractivity (Wildman–Crippen MR) is 101 cm³/mol. The van der Waals surface area contributed by atoms with Gasteiger partial charge in [-0.3, -0.25) is 20.4 Å². The number of halogens is 1. The Labute approximate surface area is 162 Å². The van der Waals surface area contributed by atoms with Gasteiger partial charge in [-0.15, -0.1) is 0 Å². The van der Waals surface area contributed by atoms with Crippen LogP contribution in [-0.4, -0.2) is 37.6 Å². The van der Waals surface area contributed by atoms with Crippen molar-refractivity contribution in [1.29, 1.82) is 0 Å². The first-order chi connectivity index (χ1) is 12.2. The van der Waals surface area contributed by atoms with Crippen LogP contribution in [0.4, 0.5) is 0 Å². The SMILES string of the molecule is CC(C)CC(=O)NNC(=O)[C@@H]1CCCN(S(=O)(=O)c2ccc(Br)cc2)C1. The molecule has 0 unspecified atom stereocenters. The van der Waals surface area contributed by atoms with Crippen molar-refractivity contribution in [2.24, 2.45) is 11.8 Å². The van der Waals surface area contributed by atoms with Crippen LogP contribution in [0.1, 0.15) is 33.1 Å². The van der Waals surface area contributed by atoms with Crippen LogP contribution >= 0.6 is 15.9 Å². The van der Waals surface area contributed by atoms with Gasteiger partial charge in [0, 0.05) is 24.0 Å². The fraction of sp³-hybridized carbons (Fsp3) is 0.529. The van der Waals surface area contributed by atoms with E-state index in [4.69, 9.17) is 0 Å². The average molecular weight is 446 g/mol. The Morgan fingerprint density at radius 3 is 2.50 bits per heavy atom.